The van der Waals surface area contributed by atoms with Gasteiger partial charge in [0.15, 0.2) is 6.29 Å². The van der Waals surface area contributed by atoms with Gasteiger partial charge in [-0.15, -0.1) is 0 Å². The summed E-state index contributed by atoms with van der Waals surface area (Å²) in [7, 11) is 0. The van der Waals surface area contributed by atoms with Crippen LogP contribution in [0.3, 0.4) is 0 Å². The third-order valence-corrected chi connectivity index (χ3v) is 2.71. The molecule has 0 aliphatic heterocycles. The lowest BCUT2D eigenvalue weighted by molar-refractivity contribution is -0.0854. The molecule has 0 saturated heterocycles. The van der Waals surface area contributed by atoms with Crippen LogP contribution in [0.5, 0.6) is 5.75 Å². The minimum Gasteiger partial charge on any atom is -0.465 e. The van der Waals surface area contributed by atoms with E-state index in [2.05, 4.69) is 20.4 Å². The molecule has 1 aromatic carbocycles. The maximum atomic E-state index is 5.84. The number of benzene rings is 1. The molecule has 0 heterocycles. The van der Waals surface area contributed by atoms with E-state index in [0.717, 1.165) is 43.6 Å². The molecule has 2 nitrogen and oxygen atoms in total. The van der Waals surface area contributed by atoms with Gasteiger partial charge in [0.1, 0.15) is 5.75 Å². The number of rotatable bonds is 9. The van der Waals surface area contributed by atoms with Crippen molar-refractivity contribution < 1.29 is 9.47 Å². The molecule has 1 unspecified atom stereocenters. The summed E-state index contributed by atoms with van der Waals surface area (Å²) in [4.78, 5) is 0. The fraction of sp³-hybridized carbons (Fsp3) is 0.500. The van der Waals surface area contributed by atoms with Crippen LogP contribution < -0.4 is 4.74 Å². The van der Waals surface area contributed by atoms with Crippen molar-refractivity contribution in [2.45, 2.75) is 45.8 Å². The minimum atomic E-state index is -0.129. The Bertz CT molecular complexity index is 329. The Labute approximate surface area is 111 Å². The van der Waals surface area contributed by atoms with E-state index in [1.54, 1.807) is 0 Å². The SMILES string of the molecule is C=Cc1ccc(OC(CCC)OCCCC)cc1. The predicted octanol–water partition coefficient (Wildman–Crippen LogP) is 4.65. The van der Waals surface area contributed by atoms with Crippen LogP contribution in [-0.2, 0) is 4.74 Å². The van der Waals surface area contributed by atoms with Gasteiger partial charge in [0.2, 0.25) is 0 Å². The van der Waals surface area contributed by atoms with E-state index >= 15 is 0 Å². The third-order valence-electron chi connectivity index (χ3n) is 2.71. The Morgan fingerprint density at radius 1 is 1.17 bits per heavy atom. The molecule has 0 fully saturated rings. The summed E-state index contributed by atoms with van der Waals surface area (Å²) >= 11 is 0. The summed E-state index contributed by atoms with van der Waals surface area (Å²) in [5.74, 6) is 0.857. The fourth-order valence-corrected chi connectivity index (χ4v) is 1.61. The standard InChI is InChI=1S/C16H24O2/c1-4-7-13-17-16(8-5-2)18-15-11-9-14(6-3)10-12-15/h6,9-12,16H,3-5,7-8,13H2,1-2H3. The third kappa shape index (κ3) is 5.37. The molecule has 18 heavy (non-hydrogen) atoms. The molecule has 0 amide bonds. The van der Waals surface area contributed by atoms with Crippen LogP contribution in [0.15, 0.2) is 30.8 Å². The van der Waals surface area contributed by atoms with Crippen LogP contribution in [0.1, 0.15) is 45.1 Å². The first-order valence-corrected chi connectivity index (χ1v) is 6.80. The van der Waals surface area contributed by atoms with E-state index in [1.807, 2.05) is 30.3 Å². The molecule has 0 radical (unpaired) electrons. The second-order valence-corrected chi connectivity index (χ2v) is 4.33. The average molecular weight is 248 g/mol. The molecule has 0 aromatic heterocycles. The molecule has 0 N–H and O–H groups in total. The first kappa shape index (κ1) is 14.8. The lowest BCUT2D eigenvalue weighted by Gasteiger charge is -2.19. The second kappa shape index (κ2) is 8.76. The van der Waals surface area contributed by atoms with Crippen molar-refractivity contribution in [1.29, 1.82) is 0 Å². The largest absolute Gasteiger partial charge is 0.465 e. The van der Waals surface area contributed by atoms with Gasteiger partial charge in [-0.2, -0.15) is 0 Å². The molecule has 1 atom stereocenters. The zero-order chi connectivity index (χ0) is 13.2. The number of unbranched alkanes of at least 4 members (excludes halogenated alkanes) is 1. The zero-order valence-corrected chi connectivity index (χ0v) is 11.5. The minimum absolute atomic E-state index is 0.129. The average Bonchev–Trinajstić information content (AvgIpc) is 2.40. The summed E-state index contributed by atoms with van der Waals surface area (Å²) in [6.07, 6.45) is 5.90. The number of ether oxygens (including phenoxy) is 2. The van der Waals surface area contributed by atoms with Crippen molar-refractivity contribution in [3.8, 4) is 5.75 Å². The van der Waals surface area contributed by atoms with Crippen LogP contribution in [0.2, 0.25) is 0 Å². The van der Waals surface area contributed by atoms with Crippen LogP contribution >= 0.6 is 0 Å². The number of hydrogen-bond acceptors (Lipinski definition) is 2. The van der Waals surface area contributed by atoms with Crippen molar-refractivity contribution in [2.24, 2.45) is 0 Å². The predicted molar refractivity (Wildman–Crippen MR) is 76.7 cm³/mol. The Morgan fingerprint density at radius 2 is 1.89 bits per heavy atom. The first-order valence-electron chi connectivity index (χ1n) is 6.80. The molecule has 0 spiro atoms. The molecule has 100 valence electrons. The highest BCUT2D eigenvalue weighted by atomic mass is 16.7. The topological polar surface area (TPSA) is 18.5 Å². The van der Waals surface area contributed by atoms with Gasteiger partial charge in [-0.05, 0) is 24.1 Å². The monoisotopic (exact) mass is 248 g/mol. The van der Waals surface area contributed by atoms with Crippen molar-refractivity contribution in [3.05, 3.63) is 36.4 Å². The molecular formula is C16H24O2. The van der Waals surface area contributed by atoms with Gasteiger partial charge in [-0.3, -0.25) is 0 Å². The highest BCUT2D eigenvalue weighted by Crippen LogP contribution is 2.17. The highest BCUT2D eigenvalue weighted by molar-refractivity contribution is 5.48. The van der Waals surface area contributed by atoms with Gasteiger partial charge in [0.05, 0.1) is 6.61 Å². The summed E-state index contributed by atoms with van der Waals surface area (Å²) in [6.45, 7) is 8.80. The normalized spacial score (nSPS) is 12.1. The molecule has 2 heteroatoms. The van der Waals surface area contributed by atoms with Crippen LogP contribution in [-0.4, -0.2) is 12.9 Å². The lowest BCUT2D eigenvalue weighted by Crippen LogP contribution is -2.21. The quantitative estimate of drug-likeness (QED) is 0.468. The summed E-state index contributed by atoms with van der Waals surface area (Å²) in [6, 6.07) is 7.92. The van der Waals surface area contributed by atoms with Gasteiger partial charge < -0.3 is 9.47 Å². The van der Waals surface area contributed by atoms with Gasteiger partial charge in [-0.25, -0.2) is 0 Å². The molecular weight excluding hydrogens is 224 g/mol. The maximum absolute atomic E-state index is 5.84. The Morgan fingerprint density at radius 3 is 2.44 bits per heavy atom. The number of hydrogen-bond donors (Lipinski definition) is 0. The Kier molecular flexibility index (Phi) is 7.19. The van der Waals surface area contributed by atoms with Crippen molar-refractivity contribution in [1.82, 2.24) is 0 Å². The van der Waals surface area contributed by atoms with Crippen molar-refractivity contribution >= 4 is 6.08 Å². The van der Waals surface area contributed by atoms with E-state index in [-0.39, 0.29) is 6.29 Å². The molecule has 0 aliphatic carbocycles. The fourth-order valence-electron chi connectivity index (χ4n) is 1.61. The summed E-state index contributed by atoms with van der Waals surface area (Å²) in [5, 5.41) is 0. The molecule has 1 aromatic rings. The van der Waals surface area contributed by atoms with E-state index in [9.17, 15) is 0 Å². The Balaban J connectivity index is 2.49. The molecule has 0 bridgehead atoms. The van der Waals surface area contributed by atoms with Crippen LogP contribution in [0, 0.1) is 0 Å². The Hall–Kier alpha value is -1.28. The lowest BCUT2D eigenvalue weighted by atomic mass is 10.2. The van der Waals surface area contributed by atoms with E-state index in [4.69, 9.17) is 9.47 Å². The van der Waals surface area contributed by atoms with Gasteiger partial charge in [-0.1, -0.05) is 51.5 Å². The molecule has 1 rings (SSSR count). The van der Waals surface area contributed by atoms with Gasteiger partial charge >= 0.3 is 0 Å². The smallest absolute Gasteiger partial charge is 0.199 e. The van der Waals surface area contributed by atoms with E-state index in [1.165, 1.54) is 0 Å². The van der Waals surface area contributed by atoms with Crippen LogP contribution in [0.25, 0.3) is 6.08 Å². The van der Waals surface area contributed by atoms with Crippen LogP contribution in [0.4, 0.5) is 0 Å². The van der Waals surface area contributed by atoms with Gasteiger partial charge in [0, 0.05) is 6.42 Å². The van der Waals surface area contributed by atoms with E-state index in [0.29, 0.717) is 0 Å². The molecule has 0 aliphatic rings. The van der Waals surface area contributed by atoms with Crippen molar-refractivity contribution in [2.75, 3.05) is 6.61 Å². The van der Waals surface area contributed by atoms with Gasteiger partial charge in [0.25, 0.3) is 0 Å². The zero-order valence-electron chi connectivity index (χ0n) is 11.5. The van der Waals surface area contributed by atoms with E-state index < -0.39 is 0 Å². The molecule has 0 saturated carbocycles. The second-order valence-electron chi connectivity index (χ2n) is 4.33. The maximum Gasteiger partial charge on any atom is 0.199 e. The summed E-state index contributed by atoms with van der Waals surface area (Å²) in [5.41, 5.74) is 1.10. The highest BCUT2D eigenvalue weighted by Gasteiger charge is 2.09. The first-order chi connectivity index (χ1) is 8.80. The summed E-state index contributed by atoms with van der Waals surface area (Å²) < 4.78 is 11.6. The van der Waals surface area contributed by atoms with Crippen molar-refractivity contribution in [3.63, 3.8) is 0 Å².